The number of ether oxygens (including phenoxy) is 1. The quantitative estimate of drug-likeness (QED) is 0.459. The van der Waals surface area contributed by atoms with Crippen molar-refractivity contribution in [3.05, 3.63) is 71.8 Å². The van der Waals surface area contributed by atoms with Crippen molar-refractivity contribution in [3.8, 4) is 5.75 Å². The van der Waals surface area contributed by atoms with E-state index >= 15 is 0 Å². The number of hydrogen-bond donors (Lipinski definition) is 1. The Labute approximate surface area is 187 Å². The molecule has 164 valence electrons. The fraction of sp³-hybridized carbons (Fsp3) is 0.261. The van der Waals surface area contributed by atoms with Gasteiger partial charge in [-0.25, -0.2) is 8.42 Å². The summed E-state index contributed by atoms with van der Waals surface area (Å²) in [5.74, 6) is 0.532. The summed E-state index contributed by atoms with van der Waals surface area (Å²) in [4.78, 5) is 12.1. The smallest absolute Gasteiger partial charge is 0.232 e. The largest absolute Gasteiger partial charge is 0.492 e. The summed E-state index contributed by atoms with van der Waals surface area (Å²) in [6, 6.07) is 20.3. The van der Waals surface area contributed by atoms with Crippen LogP contribution in [-0.4, -0.2) is 40.3 Å². The maximum Gasteiger partial charge on any atom is 0.232 e. The molecular weight excluding hydrogens is 436 g/mol. The van der Waals surface area contributed by atoms with Crippen LogP contribution in [0.3, 0.4) is 0 Å². The van der Waals surface area contributed by atoms with Gasteiger partial charge in [-0.15, -0.1) is 0 Å². The second kappa shape index (κ2) is 10.5. The first kappa shape index (κ1) is 22.9. The Hall–Kier alpha value is -2.77. The molecule has 0 saturated heterocycles. The van der Waals surface area contributed by atoms with Crippen LogP contribution in [0, 0.1) is 0 Å². The van der Waals surface area contributed by atoms with E-state index in [0.717, 1.165) is 10.8 Å². The minimum atomic E-state index is -3.47. The van der Waals surface area contributed by atoms with Gasteiger partial charge >= 0.3 is 0 Å². The molecule has 0 aliphatic heterocycles. The number of nitrogens with zero attached hydrogens (tertiary/aromatic N) is 1. The highest BCUT2D eigenvalue weighted by molar-refractivity contribution is 7.92. The lowest BCUT2D eigenvalue weighted by Crippen LogP contribution is -2.32. The number of nitrogens with one attached hydrogen (secondary N) is 1. The number of rotatable bonds is 10. The number of fused-ring (bicyclic) bond motifs is 1. The van der Waals surface area contributed by atoms with E-state index in [-0.39, 0.29) is 18.9 Å². The van der Waals surface area contributed by atoms with E-state index in [4.69, 9.17) is 16.3 Å². The van der Waals surface area contributed by atoms with Crippen molar-refractivity contribution in [2.75, 3.05) is 30.3 Å². The number of sulfonamides is 1. The van der Waals surface area contributed by atoms with Gasteiger partial charge in [0.2, 0.25) is 15.9 Å². The fourth-order valence-corrected chi connectivity index (χ4v) is 4.26. The molecule has 0 atom stereocenters. The molecule has 0 saturated carbocycles. The summed E-state index contributed by atoms with van der Waals surface area (Å²) in [5, 5.41) is 5.42. The summed E-state index contributed by atoms with van der Waals surface area (Å²) in [6.07, 6.45) is 1.81. The highest BCUT2D eigenvalue weighted by Crippen LogP contribution is 2.24. The zero-order valence-corrected chi connectivity index (χ0v) is 18.8. The van der Waals surface area contributed by atoms with Gasteiger partial charge in [0.25, 0.3) is 0 Å². The first-order valence-electron chi connectivity index (χ1n) is 9.94. The molecule has 0 bridgehead atoms. The van der Waals surface area contributed by atoms with Crippen LogP contribution in [-0.2, 0) is 14.8 Å². The maximum atomic E-state index is 12.3. The van der Waals surface area contributed by atoms with Gasteiger partial charge in [-0.3, -0.25) is 9.10 Å². The topological polar surface area (TPSA) is 75.7 Å². The molecule has 31 heavy (non-hydrogen) atoms. The van der Waals surface area contributed by atoms with Gasteiger partial charge in [-0.1, -0.05) is 41.9 Å². The Morgan fingerprint density at radius 3 is 2.45 bits per heavy atom. The van der Waals surface area contributed by atoms with E-state index in [0.29, 0.717) is 36.0 Å². The first-order valence-corrected chi connectivity index (χ1v) is 12.2. The number of anilines is 1. The summed E-state index contributed by atoms with van der Waals surface area (Å²) < 4.78 is 31.5. The monoisotopic (exact) mass is 460 g/mol. The highest BCUT2D eigenvalue weighted by atomic mass is 35.5. The van der Waals surface area contributed by atoms with Gasteiger partial charge in [-0.05, 0) is 53.6 Å². The predicted molar refractivity (Wildman–Crippen MR) is 125 cm³/mol. The van der Waals surface area contributed by atoms with Crippen molar-refractivity contribution in [2.24, 2.45) is 0 Å². The van der Waals surface area contributed by atoms with Crippen molar-refractivity contribution in [2.45, 2.75) is 12.8 Å². The molecule has 0 radical (unpaired) electrons. The Morgan fingerprint density at radius 1 is 1.03 bits per heavy atom. The second-order valence-electron chi connectivity index (χ2n) is 7.12. The van der Waals surface area contributed by atoms with E-state index < -0.39 is 10.0 Å². The molecule has 8 heteroatoms. The van der Waals surface area contributed by atoms with Crippen LogP contribution in [0.1, 0.15) is 12.8 Å². The third-order valence-electron chi connectivity index (χ3n) is 4.69. The molecule has 6 nitrogen and oxygen atoms in total. The number of amides is 1. The van der Waals surface area contributed by atoms with Crippen LogP contribution in [0.15, 0.2) is 66.7 Å². The van der Waals surface area contributed by atoms with Gasteiger partial charge in [0, 0.05) is 18.0 Å². The maximum absolute atomic E-state index is 12.3. The van der Waals surface area contributed by atoms with E-state index in [1.54, 1.807) is 30.3 Å². The van der Waals surface area contributed by atoms with Crippen LogP contribution in [0.25, 0.3) is 10.8 Å². The Bertz CT molecular complexity index is 1130. The lowest BCUT2D eigenvalue weighted by Gasteiger charge is -2.22. The molecule has 1 N–H and O–H groups in total. The molecule has 1 amide bonds. The molecule has 0 aliphatic carbocycles. The molecular formula is C23H25ClN2O4S. The first-order chi connectivity index (χ1) is 14.8. The van der Waals surface area contributed by atoms with Gasteiger partial charge in [0.15, 0.2) is 0 Å². The van der Waals surface area contributed by atoms with Crippen molar-refractivity contribution >= 4 is 44.0 Å². The molecule has 3 aromatic carbocycles. The molecule has 0 aromatic heterocycles. The van der Waals surface area contributed by atoms with Gasteiger partial charge in [0.05, 0.1) is 18.5 Å². The molecule has 0 fully saturated rings. The minimum absolute atomic E-state index is 0.147. The van der Waals surface area contributed by atoms with Crippen LogP contribution >= 0.6 is 11.6 Å². The van der Waals surface area contributed by atoms with Gasteiger partial charge in [0.1, 0.15) is 12.4 Å². The van der Waals surface area contributed by atoms with E-state index in [2.05, 4.69) is 5.32 Å². The lowest BCUT2D eigenvalue weighted by molar-refractivity contribution is -0.121. The van der Waals surface area contributed by atoms with Crippen molar-refractivity contribution in [3.63, 3.8) is 0 Å². The third kappa shape index (κ3) is 6.87. The SMILES string of the molecule is CS(=O)(=O)N(CCCC(=O)NCCOc1ccc(Cl)cc1)c1ccc2ccccc2c1. The Balaban J connectivity index is 1.47. The van der Waals surface area contributed by atoms with Gasteiger partial charge in [-0.2, -0.15) is 0 Å². The number of benzene rings is 3. The number of halogens is 1. The zero-order chi connectivity index (χ0) is 22.3. The molecule has 3 aromatic rings. The van der Waals surface area contributed by atoms with Crippen molar-refractivity contribution < 1.29 is 17.9 Å². The lowest BCUT2D eigenvalue weighted by atomic mass is 10.1. The standard InChI is InChI=1S/C23H25ClN2O4S/c1-31(28,29)26(21-11-8-18-5-2-3-6-19(18)17-21)15-4-7-23(27)25-14-16-30-22-12-9-20(24)10-13-22/h2-3,5-6,8-13,17H,4,7,14-16H2,1H3,(H,25,27). The number of carbonyl (C=O) groups is 1. The minimum Gasteiger partial charge on any atom is -0.492 e. The van der Waals surface area contributed by atoms with Crippen LogP contribution in [0.4, 0.5) is 5.69 Å². The molecule has 0 aliphatic rings. The van der Waals surface area contributed by atoms with Crippen molar-refractivity contribution in [1.29, 1.82) is 0 Å². The van der Waals surface area contributed by atoms with Crippen LogP contribution in [0.5, 0.6) is 5.75 Å². The Morgan fingerprint density at radius 2 is 1.74 bits per heavy atom. The summed E-state index contributed by atoms with van der Waals surface area (Å²) in [6.45, 7) is 0.924. The number of hydrogen-bond acceptors (Lipinski definition) is 4. The van der Waals surface area contributed by atoms with Crippen LogP contribution in [0.2, 0.25) is 5.02 Å². The average molecular weight is 461 g/mol. The summed E-state index contributed by atoms with van der Waals surface area (Å²) in [7, 11) is -3.47. The van der Waals surface area contributed by atoms with Crippen molar-refractivity contribution in [1.82, 2.24) is 5.32 Å². The highest BCUT2D eigenvalue weighted by Gasteiger charge is 2.18. The summed E-state index contributed by atoms with van der Waals surface area (Å²) >= 11 is 5.82. The molecule has 0 spiro atoms. The van der Waals surface area contributed by atoms with Gasteiger partial charge < -0.3 is 10.1 Å². The zero-order valence-electron chi connectivity index (χ0n) is 17.3. The predicted octanol–water partition coefficient (Wildman–Crippen LogP) is 4.23. The third-order valence-corrected chi connectivity index (χ3v) is 6.14. The Kier molecular flexibility index (Phi) is 7.76. The number of carbonyl (C=O) groups excluding carboxylic acids is 1. The summed E-state index contributed by atoms with van der Waals surface area (Å²) in [5.41, 5.74) is 0.595. The van der Waals surface area contributed by atoms with E-state index in [9.17, 15) is 13.2 Å². The second-order valence-corrected chi connectivity index (χ2v) is 9.47. The molecule has 3 rings (SSSR count). The van der Waals surface area contributed by atoms with E-state index in [1.165, 1.54) is 10.6 Å². The average Bonchev–Trinajstić information content (AvgIpc) is 2.74. The molecule has 0 unspecified atom stereocenters. The van der Waals surface area contributed by atoms with E-state index in [1.807, 2.05) is 36.4 Å². The van der Waals surface area contributed by atoms with Crippen LogP contribution < -0.4 is 14.4 Å². The normalized spacial score (nSPS) is 11.3. The molecule has 0 heterocycles. The fourth-order valence-electron chi connectivity index (χ4n) is 3.18.